The van der Waals surface area contributed by atoms with Gasteiger partial charge in [-0.3, -0.25) is 4.21 Å². The van der Waals surface area contributed by atoms with Gasteiger partial charge in [0.2, 0.25) is 0 Å². The average molecular weight is 291 g/mol. The van der Waals surface area contributed by atoms with Gasteiger partial charge in [-0.1, -0.05) is 25.4 Å². The molecule has 0 aliphatic carbocycles. The molecule has 0 amide bonds. The molecule has 0 saturated carbocycles. The van der Waals surface area contributed by atoms with Crippen molar-refractivity contribution >= 4 is 28.6 Å². The Hall–Kier alpha value is -1.07. The van der Waals surface area contributed by atoms with Gasteiger partial charge in [0, 0.05) is 27.9 Å². The van der Waals surface area contributed by atoms with E-state index in [-0.39, 0.29) is 5.92 Å². The Bertz CT molecular complexity index is 430. The highest BCUT2D eigenvalue weighted by atomic mass is 35.5. The van der Waals surface area contributed by atoms with Crippen molar-refractivity contribution in [2.24, 2.45) is 5.92 Å². The minimum atomic E-state index is -1.06. The molecule has 0 heterocycles. The molecule has 0 spiro atoms. The van der Waals surface area contributed by atoms with Crippen LogP contribution in [0, 0.1) is 5.92 Å². The molecule has 1 rings (SSSR count). The highest BCUT2D eigenvalue weighted by Crippen LogP contribution is 2.17. The number of carbonyl (C=O) groups is 1. The van der Waals surface area contributed by atoms with Crippen LogP contribution in [0.2, 0.25) is 0 Å². The molecule has 4 nitrogen and oxygen atoms in total. The first-order chi connectivity index (χ1) is 8.40. The second-order valence-corrected chi connectivity index (χ2v) is 5.80. The zero-order chi connectivity index (χ0) is 13.7. The van der Waals surface area contributed by atoms with Crippen molar-refractivity contribution in [2.75, 3.05) is 6.26 Å². The van der Waals surface area contributed by atoms with Crippen molar-refractivity contribution in [1.82, 2.24) is 0 Å². The minimum absolute atomic E-state index is 0.00380. The van der Waals surface area contributed by atoms with Crippen LogP contribution in [0.4, 0.5) is 4.79 Å². The number of carbonyl (C=O) groups excluding carboxylic acids is 1. The predicted molar refractivity (Wildman–Crippen MR) is 70.4 cm³/mol. The molecule has 0 fully saturated rings. The van der Waals surface area contributed by atoms with Crippen molar-refractivity contribution in [3.8, 4) is 5.75 Å². The number of hydrogen-bond donors (Lipinski definition) is 0. The molecule has 1 aromatic carbocycles. The average Bonchev–Trinajstić information content (AvgIpc) is 2.29. The third-order valence-corrected chi connectivity index (χ3v) is 3.62. The molecule has 6 heteroatoms. The quantitative estimate of drug-likeness (QED) is 0.485. The predicted octanol–water partition coefficient (Wildman–Crippen LogP) is 3.16. The third kappa shape index (κ3) is 4.66. The number of ether oxygens (including phenoxy) is 2. The Morgan fingerprint density at radius 2 is 1.83 bits per heavy atom. The van der Waals surface area contributed by atoms with Crippen molar-refractivity contribution < 1.29 is 18.5 Å². The van der Waals surface area contributed by atoms with E-state index in [1.807, 2.05) is 13.8 Å². The summed E-state index contributed by atoms with van der Waals surface area (Å²) < 4.78 is 20.9. The zero-order valence-electron chi connectivity index (χ0n) is 10.4. The van der Waals surface area contributed by atoms with Gasteiger partial charge in [-0.15, -0.1) is 0 Å². The molecule has 0 aliphatic heterocycles. The minimum Gasteiger partial charge on any atom is -0.414 e. The van der Waals surface area contributed by atoms with Crippen LogP contribution in [-0.4, -0.2) is 22.2 Å². The molecule has 0 N–H and O–H groups in total. The number of halogens is 1. The highest BCUT2D eigenvalue weighted by molar-refractivity contribution is 7.84. The van der Waals surface area contributed by atoms with Crippen LogP contribution >= 0.6 is 11.6 Å². The molecule has 0 aromatic heterocycles. The van der Waals surface area contributed by atoms with E-state index in [9.17, 15) is 9.00 Å². The maximum atomic E-state index is 11.4. The summed E-state index contributed by atoms with van der Waals surface area (Å²) in [5, 5.41) is 0. The summed E-state index contributed by atoms with van der Waals surface area (Å²) in [4.78, 5) is 12.0. The fourth-order valence-electron chi connectivity index (χ4n) is 1.05. The van der Waals surface area contributed by atoms with Crippen LogP contribution in [0.15, 0.2) is 29.2 Å². The van der Waals surface area contributed by atoms with Crippen molar-refractivity contribution in [3.05, 3.63) is 24.3 Å². The van der Waals surface area contributed by atoms with E-state index in [0.717, 1.165) is 0 Å². The Labute approximate surface area is 114 Å². The summed E-state index contributed by atoms with van der Waals surface area (Å²) in [7, 11) is -1.06. The standard InChI is InChI=1S/C12H15ClO4S/c1-8(2)11(13)17-12(14)16-9-4-6-10(7-5-9)18(3)15/h4-8,11H,1-3H3. The fraction of sp³-hybridized carbons (Fsp3) is 0.417. The molecular weight excluding hydrogens is 276 g/mol. The molecule has 1 aromatic rings. The molecule has 0 aliphatic rings. The van der Waals surface area contributed by atoms with Crippen molar-refractivity contribution in [2.45, 2.75) is 24.3 Å². The van der Waals surface area contributed by atoms with Gasteiger partial charge in [0.15, 0.2) is 5.56 Å². The summed E-state index contributed by atoms with van der Waals surface area (Å²) in [5.74, 6) is 0.325. The van der Waals surface area contributed by atoms with E-state index in [0.29, 0.717) is 10.6 Å². The van der Waals surface area contributed by atoms with Gasteiger partial charge in [0.25, 0.3) is 0 Å². The van der Waals surface area contributed by atoms with E-state index < -0.39 is 22.5 Å². The Morgan fingerprint density at radius 1 is 1.28 bits per heavy atom. The summed E-state index contributed by atoms with van der Waals surface area (Å²) in [6, 6.07) is 6.35. The number of benzene rings is 1. The maximum absolute atomic E-state index is 11.4. The van der Waals surface area contributed by atoms with Gasteiger partial charge in [-0.25, -0.2) is 4.79 Å². The summed E-state index contributed by atoms with van der Waals surface area (Å²) in [6.07, 6.45) is 0.722. The first-order valence-electron chi connectivity index (χ1n) is 5.36. The van der Waals surface area contributed by atoms with Crippen LogP contribution in [0.5, 0.6) is 5.75 Å². The largest absolute Gasteiger partial charge is 0.515 e. The van der Waals surface area contributed by atoms with Crippen molar-refractivity contribution in [1.29, 1.82) is 0 Å². The SMILES string of the molecule is CC(C)C(Cl)OC(=O)Oc1ccc(S(C)=O)cc1. The molecule has 0 saturated heterocycles. The molecule has 2 unspecified atom stereocenters. The highest BCUT2D eigenvalue weighted by Gasteiger charge is 2.16. The van der Waals surface area contributed by atoms with E-state index in [2.05, 4.69) is 0 Å². The second kappa shape index (κ2) is 6.75. The van der Waals surface area contributed by atoms with Crippen LogP contribution in [0.3, 0.4) is 0 Å². The number of rotatable bonds is 4. The van der Waals surface area contributed by atoms with Gasteiger partial charge >= 0.3 is 6.16 Å². The molecule has 100 valence electrons. The van der Waals surface area contributed by atoms with Gasteiger partial charge in [-0.05, 0) is 24.3 Å². The summed E-state index contributed by atoms with van der Waals surface area (Å²) in [5.41, 5.74) is -0.722. The van der Waals surface area contributed by atoms with E-state index in [1.165, 1.54) is 0 Å². The van der Waals surface area contributed by atoms with Crippen LogP contribution in [0.1, 0.15) is 13.8 Å². The topological polar surface area (TPSA) is 52.6 Å². The monoisotopic (exact) mass is 290 g/mol. The van der Waals surface area contributed by atoms with E-state index >= 15 is 0 Å². The van der Waals surface area contributed by atoms with Crippen LogP contribution in [-0.2, 0) is 15.5 Å². The van der Waals surface area contributed by atoms with Gasteiger partial charge < -0.3 is 9.47 Å². The molecule has 0 radical (unpaired) electrons. The van der Waals surface area contributed by atoms with Gasteiger partial charge in [0.05, 0.1) is 0 Å². The van der Waals surface area contributed by atoms with Crippen molar-refractivity contribution in [3.63, 3.8) is 0 Å². The summed E-state index contributed by atoms with van der Waals surface area (Å²) in [6.45, 7) is 3.66. The Kier molecular flexibility index (Phi) is 5.62. The first-order valence-corrected chi connectivity index (χ1v) is 7.35. The Balaban J connectivity index is 2.57. The van der Waals surface area contributed by atoms with E-state index in [4.69, 9.17) is 21.1 Å². The lowest BCUT2D eigenvalue weighted by Crippen LogP contribution is -2.20. The number of alkyl halides is 1. The molecule has 0 bridgehead atoms. The lowest BCUT2D eigenvalue weighted by Gasteiger charge is -2.13. The Morgan fingerprint density at radius 3 is 2.28 bits per heavy atom. The van der Waals surface area contributed by atoms with Gasteiger partial charge in [-0.2, -0.15) is 0 Å². The fourth-order valence-corrected chi connectivity index (χ4v) is 1.64. The normalized spacial score (nSPS) is 14.1. The first kappa shape index (κ1) is 15.0. The maximum Gasteiger partial charge on any atom is 0.515 e. The third-order valence-electron chi connectivity index (χ3n) is 2.09. The van der Waals surface area contributed by atoms with Gasteiger partial charge in [0.1, 0.15) is 5.75 Å². The number of hydrogen-bond acceptors (Lipinski definition) is 4. The molecular formula is C12H15ClO4S. The van der Waals surface area contributed by atoms with Crippen LogP contribution < -0.4 is 4.74 Å². The second-order valence-electron chi connectivity index (χ2n) is 3.99. The molecule has 2 atom stereocenters. The summed E-state index contributed by atoms with van der Waals surface area (Å²) >= 11 is 5.78. The lowest BCUT2D eigenvalue weighted by molar-refractivity contribution is 0.0725. The van der Waals surface area contributed by atoms with E-state index in [1.54, 1.807) is 30.5 Å². The lowest BCUT2D eigenvalue weighted by atomic mass is 10.2. The molecule has 18 heavy (non-hydrogen) atoms. The van der Waals surface area contributed by atoms with Crippen LogP contribution in [0.25, 0.3) is 0 Å². The smallest absolute Gasteiger partial charge is 0.414 e. The zero-order valence-corrected chi connectivity index (χ0v) is 12.0.